The lowest BCUT2D eigenvalue weighted by Crippen LogP contribution is -2.56. The summed E-state index contributed by atoms with van der Waals surface area (Å²) in [5, 5.41) is 5.68. The summed E-state index contributed by atoms with van der Waals surface area (Å²) in [6.45, 7) is 2.63. The van der Waals surface area contributed by atoms with Gasteiger partial charge in [0, 0.05) is 45.5 Å². The number of piperazine rings is 1. The topological polar surface area (TPSA) is 64.7 Å². The van der Waals surface area contributed by atoms with Crippen molar-refractivity contribution >= 4 is 17.5 Å². The number of carbonyl (C=O) groups is 2. The molecule has 0 saturated carbocycles. The van der Waals surface area contributed by atoms with Crippen molar-refractivity contribution in [2.24, 2.45) is 0 Å². The molecule has 2 aromatic carbocycles. The first-order chi connectivity index (χ1) is 14.9. The Hall–Kier alpha value is -3.00. The summed E-state index contributed by atoms with van der Waals surface area (Å²) >= 11 is 0. The molecule has 1 fully saturated rings. The van der Waals surface area contributed by atoms with Crippen molar-refractivity contribution in [3.8, 4) is 0 Å². The van der Waals surface area contributed by atoms with E-state index in [1.54, 1.807) is 0 Å². The van der Waals surface area contributed by atoms with Crippen LogP contribution < -0.4 is 15.5 Å². The van der Waals surface area contributed by atoms with Gasteiger partial charge in [-0.2, -0.15) is 0 Å². The highest BCUT2D eigenvalue weighted by Crippen LogP contribution is 2.27. The normalized spacial score (nSPS) is 18.6. The van der Waals surface area contributed by atoms with Crippen LogP contribution in [0.25, 0.3) is 0 Å². The molecule has 6 nitrogen and oxygen atoms in total. The molecule has 1 atom stereocenters. The Balaban J connectivity index is 1.36. The minimum atomic E-state index is -0.922. The third-order valence-corrected chi connectivity index (χ3v) is 5.95. The summed E-state index contributed by atoms with van der Waals surface area (Å²) in [6.07, 6.45) is 0.998. The van der Waals surface area contributed by atoms with E-state index in [2.05, 4.69) is 34.7 Å². The Kier molecular flexibility index (Phi) is 6.18. The van der Waals surface area contributed by atoms with Gasteiger partial charge in [0.25, 0.3) is 0 Å². The monoisotopic (exact) mass is 428 g/mol. The first kappa shape index (κ1) is 21.2. The number of fused-ring (bicyclic) bond motifs is 1. The molecule has 164 valence electrons. The minimum absolute atomic E-state index is 0.00316. The zero-order valence-corrected chi connectivity index (χ0v) is 17.5. The molecule has 2 N–H and O–H groups in total. The maximum Gasteiger partial charge on any atom is 0.237 e. The fourth-order valence-corrected chi connectivity index (χ4v) is 4.22. The van der Waals surface area contributed by atoms with Gasteiger partial charge in [-0.25, -0.2) is 8.78 Å². The number of likely N-dealkylation sites (N-methyl/N-ethyl adjacent to an activating group) is 1. The van der Waals surface area contributed by atoms with Crippen LogP contribution in [-0.2, 0) is 29.1 Å². The van der Waals surface area contributed by atoms with Crippen LogP contribution >= 0.6 is 0 Å². The Labute approximate surface area is 180 Å². The molecule has 2 heterocycles. The van der Waals surface area contributed by atoms with Crippen LogP contribution in [0.1, 0.15) is 23.1 Å². The van der Waals surface area contributed by atoms with Crippen molar-refractivity contribution in [3.05, 3.63) is 64.7 Å². The zero-order valence-electron chi connectivity index (χ0n) is 17.5. The predicted octanol–water partition coefficient (Wildman–Crippen LogP) is 1.96. The van der Waals surface area contributed by atoms with E-state index < -0.39 is 17.7 Å². The van der Waals surface area contributed by atoms with Crippen molar-refractivity contribution in [3.63, 3.8) is 0 Å². The molecule has 1 saturated heterocycles. The van der Waals surface area contributed by atoms with Gasteiger partial charge < -0.3 is 15.5 Å². The summed E-state index contributed by atoms with van der Waals surface area (Å²) in [5.74, 6) is -2.29. The lowest BCUT2D eigenvalue weighted by Gasteiger charge is -2.34. The second kappa shape index (κ2) is 9.01. The maximum absolute atomic E-state index is 13.5. The molecule has 2 amide bonds. The fraction of sp³-hybridized carbons (Fsp3) is 0.391. The lowest BCUT2D eigenvalue weighted by molar-refractivity contribution is -0.134. The quantitative estimate of drug-likeness (QED) is 0.739. The fourth-order valence-electron chi connectivity index (χ4n) is 4.22. The summed E-state index contributed by atoms with van der Waals surface area (Å²) in [7, 11) is 2.06. The van der Waals surface area contributed by atoms with Gasteiger partial charge in [0.15, 0.2) is 11.6 Å². The van der Waals surface area contributed by atoms with Gasteiger partial charge in [-0.05, 0) is 41.3 Å². The number of halogens is 2. The molecule has 0 aliphatic carbocycles. The number of benzene rings is 2. The SMILES string of the molecule is CN1CCc2cc(CNC(=O)CC3C(=O)NCCN3Cc3ccc(F)c(F)c3)ccc21. The van der Waals surface area contributed by atoms with E-state index >= 15 is 0 Å². The maximum atomic E-state index is 13.5. The van der Waals surface area contributed by atoms with Crippen LogP contribution in [0.15, 0.2) is 36.4 Å². The molecule has 1 unspecified atom stereocenters. The molecule has 2 aliphatic heterocycles. The van der Waals surface area contributed by atoms with E-state index in [9.17, 15) is 18.4 Å². The van der Waals surface area contributed by atoms with Gasteiger partial charge in [0.05, 0.1) is 12.5 Å². The molecular weight excluding hydrogens is 402 g/mol. The van der Waals surface area contributed by atoms with E-state index in [1.807, 2.05) is 11.0 Å². The van der Waals surface area contributed by atoms with Crippen LogP contribution in [0.2, 0.25) is 0 Å². The average molecular weight is 428 g/mol. The van der Waals surface area contributed by atoms with Crippen molar-refractivity contribution in [1.29, 1.82) is 0 Å². The largest absolute Gasteiger partial charge is 0.374 e. The van der Waals surface area contributed by atoms with Crippen molar-refractivity contribution in [1.82, 2.24) is 15.5 Å². The van der Waals surface area contributed by atoms with Crippen molar-refractivity contribution in [2.75, 3.05) is 31.6 Å². The van der Waals surface area contributed by atoms with E-state index in [-0.39, 0.29) is 24.8 Å². The highest BCUT2D eigenvalue weighted by atomic mass is 19.2. The van der Waals surface area contributed by atoms with Gasteiger partial charge >= 0.3 is 0 Å². The Morgan fingerprint density at radius 2 is 1.94 bits per heavy atom. The molecule has 2 aromatic rings. The number of hydrogen-bond donors (Lipinski definition) is 2. The molecule has 8 heteroatoms. The molecule has 0 bridgehead atoms. The lowest BCUT2D eigenvalue weighted by atomic mass is 10.1. The van der Waals surface area contributed by atoms with Crippen LogP contribution in [0, 0.1) is 11.6 Å². The van der Waals surface area contributed by atoms with E-state index in [1.165, 1.54) is 17.3 Å². The third-order valence-electron chi connectivity index (χ3n) is 5.95. The summed E-state index contributed by atoms with van der Waals surface area (Å²) < 4.78 is 26.7. The number of carbonyl (C=O) groups excluding carboxylic acids is 2. The van der Waals surface area contributed by atoms with Gasteiger partial charge in [-0.1, -0.05) is 18.2 Å². The molecular formula is C23H26F2N4O2. The molecule has 0 spiro atoms. The molecule has 0 aromatic heterocycles. The smallest absolute Gasteiger partial charge is 0.237 e. The second-order valence-electron chi connectivity index (χ2n) is 8.14. The highest BCUT2D eigenvalue weighted by molar-refractivity contribution is 5.88. The summed E-state index contributed by atoms with van der Waals surface area (Å²) in [4.78, 5) is 29.0. The standard InChI is InChI=1S/C23H26F2N4O2/c1-28-8-6-17-10-15(3-5-20(17)28)13-27-22(30)12-21-23(31)26-7-9-29(21)14-16-2-4-18(24)19(25)11-16/h2-5,10-11,21H,6-9,12-14H2,1H3,(H,26,31)(H,27,30). The number of amides is 2. The van der Waals surface area contributed by atoms with Gasteiger partial charge in [0.1, 0.15) is 0 Å². The Morgan fingerprint density at radius 1 is 1.13 bits per heavy atom. The molecule has 31 heavy (non-hydrogen) atoms. The van der Waals surface area contributed by atoms with Gasteiger partial charge in [0.2, 0.25) is 11.8 Å². The van der Waals surface area contributed by atoms with Crippen LogP contribution in [0.3, 0.4) is 0 Å². The van der Waals surface area contributed by atoms with Crippen molar-refractivity contribution < 1.29 is 18.4 Å². The molecule has 4 rings (SSSR count). The summed E-state index contributed by atoms with van der Waals surface area (Å²) in [6, 6.07) is 9.23. The highest BCUT2D eigenvalue weighted by Gasteiger charge is 2.31. The number of anilines is 1. The Morgan fingerprint density at radius 3 is 2.74 bits per heavy atom. The molecule has 2 aliphatic rings. The molecule has 0 radical (unpaired) electrons. The number of nitrogens with zero attached hydrogens (tertiary/aromatic N) is 2. The number of rotatable bonds is 6. The average Bonchev–Trinajstić information content (AvgIpc) is 3.12. The van der Waals surface area contributed by atoms with E-state index in [0.29, 0.717) is 25.2 Å². The Bertz CT molecular complexity index is 998. The second-order valence-corrected chi connectivity index (χ2v) is 8.14. The van der Waals surface area contributed by atoms with Crippen LogP contribution in [-0.4, -0.2) is 49.4 Å². The van der Waals surface area contributed by atoms with Gasteiger partial charge in [-0.3, -0.25) is 14.5 Å². The third kappa shape index (κ3) is 4.85. The number of hydrogen-bond acceptors (Lipinski definition) is 4. The van der Waals surface area contributed by atoms with Gasteiger partial charge in [-0.15, -0.1) is 0 Å². The van der Waals surface area contributed by atoms with E-state index in [4.69, 9.17) is 0 Å². The van der Waals surface area contributed by atoms with Crippen LogP contribution in [0.4, 0.5) is 14.5 Å². The zero-order chi connectivity index (χ0) is 22.0. The first-order valence-corrected chi connectivity index (χ1v) is 10.5. The number of nitrogens with one attached hydrogen (secondary N) is 2. The minimum Gasteiger partial charge on any atom is -0.374 e. The summed E-state index contributed by atoms with van der Waals surface area (Å²) in [5.41, 5.74) is 4.08. The predicted molar refractivity (Wildman–Crippen MR) is 113 cm³/mol. The van der Waals surface area contributed by atoms with Crippen LogP contribution in [0.5, 0.6) is 0 Å². The first-order valence-electron chi connectivity index (χ1n) is 10.5. The van der Waals surface area contributed by atoms with E-state index in [0.717, 1.165) is 30.7 Å². The van der Waals surface area contributed by atoms with Crippen molar-refractivity contribution in [2.45, 2.75) is 32.0 Å².